The molecule has 1 unspecified atom stereocenters. The van der Waals surface area contributed by atoms with Gasteiger partial charge in [0.05, 0.1) is 12.7 Å². The van der Waals surface area contributed by atoms with E-state index in [1.807, 2.05) is 31.2 Å². The number of carboxylic acid groups (broad SMARTS) is 1. The van der Waals surface area contributed by atoms with Gasteiger partial charge in [0.1, 0.15) is 11.8 Å². The van der Waals surface area contributed by atoms with Gasteiger partial charge >= 0.3 is 5.97 Å². The monoisotopic (exact) mass is 328 g/mol. The predicted molar refractivity (Wildman–Crippen MR) is 90.0 cm³/mol. The Bertz CT molecular complexity index is 713. The topological polar surface area (TPSA) is 88.5 Å². The van der Waals surface area contributed by atoms with Crippen LogP contribution in [0.1, 0.15) is 30.1 Å². The Kier molecular flexibility index (Phi) is 5.89. The minimum atomic E-state index is -1.04. The lowest BCUT2D eigenvalue weighted by atomic mass is 10.1. The average molecular weight is 328 g/mol. The third kappa shape index (κ3) is 4.32. The van der Waals surface area contributed by atoms with Gasteiger partial charge in [-0.3, -0.25) is 9.78 Å². The predicted octanol–water partition coefficient (Wildman–Crippen LogP) is 2.74. The molecule has 0 aliphatic rings. The highest BCUT2D eigenvalue weighted by atomic mass is 16.5. The molecule has 126 valence electrons. The van der Waals surface area contributed by atoms with Gasteiger partial charge in [-0.1, -0.05) is 25.5 Å². The van der Waals surface area contributed by atoms with Gasteiger partial charge in [0, 0.05) is 18.0 Å². The standard InChI is InChI=1S/C18H20N2O4/c1-3-4-16(18(22)23)20-17(21)14-9-13(10-19-11-14)12-5-7-15(24-2)8-6-12/h5-11,16H,3-4H2,1-2H3,(H,20,21)(H,22,23). The number of nitrogens with one attached hydrogen (secondary N) is 1. The second-order valence-electron chi connectivity index (χ2n) is 5.34. The zero-order chi connectivity index (χ0) is 17.5. The minimum absolute atomic E-state index is 0.325. The number of pyridine rings is 1. The van der Waals surface area contributed by atoms with Crippen molar-refractivity contribution >= 4 is 11.9 Å². The number of hydrogen-bond donors (Lipinski definition) is 2. The molecule has 2 aromatic rings. The summed E-state index contributed by atoms with van der Waals surface area (Å²) in [6.45, 7) is 1.87. The third-order valence-corrected chi connectivity index (χ3v) is 3.60. The smallest absolute Gasteiger partial charge is 0.326 e. The first-order valence-electron chi connectivity index (χ1n) is 7.68. The highest BCUT2D eigenvalue weighted by molar-refractivity contribution is 5.97. The van der Waals surface area contributed by atoms with Crippen LogP contribution in [0.2, 0.25) is 0 Å². The lowest BCUT2D eigenvalue weighted by Gasteiger charge is -2.13. The molecule has 1 aromatic carbocycles. The summed E-state index contributed by atoms with van der Waals surface area (Å²) in [6, 6.07) is 8.18. The lowest BCUT2D eigenvalue weighted by Crippen LogP contribution is -2.40. The molecule has 0 bridgehead atoms. The van der Waals surface area contributed by atoms with Crippen molar-refractivity contribution in [3.63, 3.8) is 0 Å². The number of methoxy groups -OCH3 is 1. The maximum absolute atomic E-state index is 12.3. The Morgan fingerprint density at radius 3 is 2.50 bits per heavy atom. The van der Waals surface area contributed by atoms with Crippen LogP contribution in [0.25, 0.3) is 11.1 Å². The molecule has 0 saturated carbocycles. The van der Waals surface area contributed by atoms with Gasteiger partial charge < -0.3 is 15.2 Å². The molecule has 1 aromatic heterocycles. The Labute approximate surface area is 140 Å². The van der Waals surface area contributed by atoms with Crippen LogP contribution in [0.15, 0.2) is 42.7 Å². The van der Waals surface area contributed by atoms with Crippen LogP contribution in [0.3, 0.4) is 0 Å². The molecular formula is C18H20N2O4. The summed E-state index contributed by atoms with van der Waals surface area (Å²) in [5, 5.41) is 11.7. The fourth-order valence-corrected chi connectivity index (χ4v) is 2.29. The molecule has 24 heavy (non-hydrogen) atoms. The van der Waals surface area contributed by atoms with Crippen molar-refractivity contribution in [3.8, 4) is 16.9 Å². The maximum Gasteiger partial charge on any atom is 0.326 e. The number of carbonyl (C=O) groups is 2. The Hall–Kier alpha value is -2.89. The molecular weight excluding hydrogens is 308 g/mol. The molecule has 0 aliphatic heterocycles. The molecule has 0 fully saturated rings. The molecule has 1 atom stereocenters. The van der Waals surface area contributed by atoms with Crippen LogP contribution in [0, 0.1) is 0 Å². The first kappa shape index (κ1) is 17.5. The number of hydrogen-bond acceptors (Lipinski definition) is 4. The first-order chi connectivity index (χ1) is 11.5. The van der Waals surface area contributed by atoms with Gasteiger partial charge in [0.25, 0.3) is 5.91 Å². The summed E-state index contributed by atoms with van der Waals surface area (Å²) in [6.07, 6.45) is 4.13. The van der Waals surface area contributed by atoms with Crippen LogP contribution < -0.4 is 10.1 Å². The molecule has 2 N–H and O–H groups in total. The molecule has 1 heterocycles. The van der Waals surface area contributed by atoms with Crippen LogP contribution >= 0.6 is 0 Å². The molecule has 6 heteroatoms. The Balaban J connectivity index is 2.19. The summed E-state index contributed by atoms with van der Waals surface area (Å²) >= 11 is 0. The van der Waals surface area contributed by atoms with Gasteiger partial charge in [0.2, 0.25) is 0 Å². The molecule has 0 aliphatic carbocycles. The van der Waals surface area contributed by atoms with E-state index in [1.54, 1.807) is 19.4 Å². The molecule has 1 amide bonds. The zero-order valence-corrected chi connectivity index (χ0v) is 13.7. The second kappa shape index (κ2) is 8.10. The number of ether oxygens (including phenoxy) is 1. The highest BCUT2D eigenvalue weighted by Crippen LogP contribution is 2.22. The van der Waals surface area contributed by atoms with E-state index < -0.39 is 17.9 Å². The molecule has 0 spiro atoms. The fraction of sp³-hybridized carbons (Fsp3) is 0.278. The van der Waals surface area contributed by atoms with Gasteiger partial charge in [-0.25, -0.2) is 4.79 Å². The molecule has 2 rings (SSSR count). The van der Waals surface area contributed by atoms with Crippen molar-refractivity contribution in [3.05, 3.63) is 48.3 Å². The number of carboxylic acids is 1. The first-order valence-corrected chi connectivity index (χ1v) is 7.68. The quantitative estimate of drug-likeness (QED) is 0.816. The van der Waals surface area contributed by atoms with Gasteiger partial charge in [-0.2, -0.15) is 0 Å². The summed E-state index contributed by atoms with van der Waals surface area (Å²) < 4.78 is 5.12. The Morgan fingerprint density at radius 1 is 1.21 bits per heavy atom. The van der Waals surface area contributed by atoms with E-state index in [0.29, 0.717) is 18.4 Å². The van der Waals surface area contributed by atoms with E-state index in [1.165, 1.54) is 6.20 Å². The summed E-state index contributed by atoms with van der Waals surface area (Å²) in [7, 11) is 1.59. The van der Waals surface area contributed by atoms with Crippen LogP contribution in [-0.4, -0.2) is 35.1 Å². The number of aliphatic carboxylic acids is 1. The normalized spacial score (nSPS) is 11.6. The number of carbonyl (C=O) groups excluding carboxylic acids is 1. The zero-order valence-electron chi connectivity index (χ0n) is 13.7. The van der Waals surface area contributed by atoms with E-state index in [4.69, 9.17) is 9.84 Å². The van der Waals surface area contributed by atoms with Gasteiger partial charge in [0.15, 0.2) is 0 Å². The highest BCUT2D eigenvalue weighted by Gasteiger charge is 2.20. The molecule has 6 nitrogen and oxygen atoms in total. The number of amides is 1. The fourth-order valence-electron chi connectivity index (χ4n) is 2.29. The van der Waals surface area contributed by atoms with Crippen molar-refractivity contribution in [2.45, 2.75) is 25.8 Å². The van der Waals surface area contributed by atoms with Crippen molar-refractivity contribution in [1.29, 1.82) is 0 Å². The van der Waals surface area contributed by atoms with Crippen molar-refractivity contribution < 1.29 is 19.4 Å². The van der Waals surface area contributed by atoms with Crippen molar-refractivity contribution in [1.82, 2.24) is 10.3 Å². The van der Waals surface area contributed by atoms with Crippen molar-refractivity contribution in [2.24, 2.45) is 0 Å². The Morgan fingerprint density at radius 2 is 1.92 bits per heavy atom. The van der Waals surface area contributed by atoms with Crippen molar-refractivity contribution in [2.75, 3.05) is 7.11 Å². The van der Waals surface area contributed by atoms with Crippen LogP contribution in [0.5, 0.6) is 5.75 Å². The second-order valence-corrected chi connectivity index (χ2v) is 5.34. The third-order valence-electron chi connectivity index (χ3n) is 3.60. The summed E-state index contributed by atoms with van der Waals surface area (Å²) in [5.41, 5.74) is 1.99. The largest absolute Gasteiger partial charge is 0.497 e. The average Bonchev–Trinajstić information content (AvgIpc) is 2.61. The summed E-state index contributed by atoms with van der Waals surface area (Å²) in [5.74, 6) is -0.743. The number of rotatable bonds is 7. The molecule has 0 radical (unpaired) electrons. The number of nitrogens with zero attached hydrogens (tertiary/aromatic N) is 1. The van der Waals surface area contributed by atoms with E-state index in [-0.39, 0.29) is 0 Å². The van der Waals surface area contributed by atoms with Gasteiger partial charge in [-0.15, -0.1) is 0 Å². The molecule has 0 saturated heterocycles. The number of benzene rings is 1. The minimum Gasteiger partial charge on any atom is -0.497 e. The van der Waals surface area contributed by atoms with E-state index >= 15 is 0 Å². The summed E-state index contributed by atoms with van der Waals surface area (Å²) in [4.78, 5) is 27.5. The SMILES string of the molecule is CCCC(NC(=O)c1cncc(-c2ccc(OC)cc2)c1)C(=O)O. The lowest BCUT2D eigenvalue weighted by molar-refractivity contribution is -0.139. The van der Waals surface area contributed by atoms with E-state index in [9.17, 15) is 9.59 Å². The van der Waals surface area contributed by atoms with Crippen LogP contribution in [0.4, 0.5) is 0 Å². The van der Waals surface area contributed by atoms with Crippen LogP contribution in [-0.2, 0) is 4.79 Å². The van der Waals surface area contributed by atoms with Gasteiger partial charge in [-0.05, 0) is 30.2 Å². The van der Waals surface area contributed by atoms with E-state index in [2.05, 4.69) is 10.3 Å². The van der Waals surface area contributed by atoms with E-state index in [0.717, 1.165) is 16.9 Å². The number of aromatic nitrogens is 1. The maximum atomic E-state index is 12.3.